The third-order valence-electron chi connectivity index (χ3n) is 3.63. The maximum absolute atomic E-state index is 11.6. The van der Waals surface area contributed by atoms with Gasteiger partial charge < -0.3 is 20.6 Å². The molecule has 3 N–H and O–H groups in total. The maximum atomic E-state index is 11.6. The second kappa shape index (κ2) is 9.58. The highest BCUT2D eigenvalue weighted by molar-refractivity contribution is 5.73. The van der Waals surface area contributed by atoms with Gasteiger partial charge >= 0.3 is 12.0 Å². The van der Waals surface area contributed by atoms with Gasteiger partial charge in [-0.3, -0.25) is 4.79 Å². The summed E-state index contributed by atoms with van der Waals surface area (Å²) in [6, 6.07) is -0.114. The lowest BCUT2D eigenvalue weighted by molar-refractivity contribution is -0.137. The molecule has 1 aliphatic rings. The highest BCUT2D eigenvalue weighted by Gasteiger charge is 2.17. The van der Waals surface area contributed by atoms with Crippen molar-refractivity contribution in [3.8, 4) is 0 Å². The number of nitrogens with zero attached hydrogens (tertiary/aromatic N) is 1. The maximum Gasteiger partial charge on any atom is 0.314 e. The highest BCUT2D eigenvalue weighted by Crippen LogP contribution is 2.13. The summed E-state index contributed by atoms with van der Waals surface area (Å²) in [4.78, 5) is 24.2. The Kier molecular flexibility index (Phi) is 8.02. The number of likely N-dealkylation sites (tertiary alicyclic amines) is 1. The van der Waals surface area contributed by atoms with Crippen LogP contribution in [0.5, 0.6) is 0 Å². The molecule has 6 nitrogen and oxygen atoms in total. The first-order chi connectivity index (χ1) is 9.58. The Balaban J connectivity index is 1.96. The van der Waals surface area contributed by atoms with Gasteiger partial charge in [-0.1, -0.05) is 6.42 Å². The van der Waals surface area contributed by atoms with Crippen molar-refractivity contribution in [3.63, 3.8) is 0 Å². The summed E-state index contributed by atoms with van der Waals surface area (Å²) < 4.78 is 0. The van der Waals surface area contributed by atoms with Crippen LogP contribution in [0.25, 0.3) is 0 Å². The second-order valence-corrected chi connectivity index (χ2v) is 5.61. The molecule has 1 rings (SSSR count). The Morgan fingerprint density at radius 3 is 2.75 bits per heavy atom. The molecule has 1 saturated heterocycles. The number of hydrogen-bond acceptors (Lipinski definition) is 3. The van der Waals surface area contributed by atoms with E-state index in [-0.39, 0.29) is 12.5 Å². The van der Waals surface area contributed by atoms with Crippen LogP contribution in [0.3, 0.4) is 0 Å². The largest absolute Gasteiger partial charge is 0.481 e. The molecule has 0 aromatic heterocycles. The van der Waals surface area contributed by atoms with E-state index in [4.69, 9.17) is 5.11 Å². The van der Waals surface area contributed by atoms with E-state index < -0.39 is 5.97 Å². The van der Waals surface area contributed by atoms with Gasteiger partial charge in [0.05, 0.1) is 0 Å². The van der Waals surface area contributed by atoms with E-state index >= 15 is 0 Å². The number of hydrogen-bond donors (Lipinski definition) is 3. The average Bonchev–Trinajstić information content (AvgIpc) is 2.40. The number of nitrogens with one attached hydrogen (secondary N) is 2. The molecule has 1 fully saturated rings. The smallest absolute Gasteiger partial charge is 0.314 e. The minimum absolute atomic E-state index is 0.114. The van der Waals surface area contributed by atoms with Crippen molar-refractivity contribution in [2.45, 2.75) is 38.5 Å². The van der Waals surface area contributed by atoms with Gasteiger partial charge in [-0.05, 0) is 45.2 Å². The zero-order chi connectivity index (χ0) is 14.8. The summed E-state index contributed by atoms with van der Waals surface area (Å²) in [5.74, 6) is -0.205. The Morgan fingerprint density at radius 2 is 2.05 bits per heavy atom. The molecule has 116 valence electrons. The summed E-state index contributed by atoms with van der Waals surface area (Å²) in [5.41, 5.74) is 0. The van der Waals surface area contributed by atoms with E-state index in [0.29, 0.717) is 18.9 Å². The first kappa shape index (κ1) is 16.8. The van der Waals surface area contributed by atoms with Crippen LogP contribution in [-0.2, 0) is 4.79 Å². The summed E-state index contributed by atoms with van der Waals surface area (Å²) in [7, 11) is 2.11. The lowest BCUT2D eigenvalue weighted by Crippen LogP contribution is -2.42. The zero-order valence-corrected chi connectivity index (χ0v) is 12.4. The second-order valence-electron chi connectivity index (χ2n) is 5.61. The molecule has 0 aliphatic carbocycles. The third-order valence-corrected chi connectivity index (χ3v) is 3.63. The normalized spacial score (nSPS) is 19.6. The first-order valence-electron chi connectivity index (χ1n) is 7.50. The van der Waals surface area contributed by atoms with Gasteiger partial charge in [-0.25, -0.2) is 4.79 Å². The summed E-state index contributed by atoms with van der Waals surface area (Å²) in [6.45, 7) is 3.54. The number of carbonyl (C=O) groups excluding carboxylic acids is 1. The van der Waals surface area contributed by atoms with Crippen LogP contribution in [0.2, 0.25) is 0 Å². The molecule has 1 atom stereocenters. The SMILES string of the molecule is CN1CCCC(CNC(=O)NCCCCCC(=O)O)C1. The molecule has 6 heteroatoms. The minimum Gasteiger partial charge on any atom is -0.481 e. The van der Waals surface area contributed by atoms with Crippen molar-refractivity contribution in [2.24, 2.45) is 5.92 Å². The van der Waals surface area contributed by atoms with Crippen molar-refractivity contribution in [1.29, 1.82) is 0 Å². The molecule has 20 heavy (non-hydrogen) atoms. The molecule has 0 spiro atoms. The molecule has 0 saturated carbocycles. The fourth-order valence-corrected chi connectivity index (χ4v) is 2.52. The van der Waals surface area contributed by atoms with Crippen LogP contribution in [0, 0.1) is 5.92 Å². The van der Waals surface area contributed by atoms with Gasteiger partial charge in [0.1, 0.15) is 0 Å². The van der Waals surface area contributed by atoms with Gasteiger partial charge in [-0.2, -0.15) is 0 Å². The quantitative estimate of drug-likeness (QED) is 0.587. The van der Waals surface area contributed by atoms with Crippen LogP contribution in [0.15, 0.2) is 0 Å². The molecule has 2 amide bonds. The van der Waals surface area contributed by atoms with Crippen LogP contribution in [0.4, 0.5) is 4.79 Å². The lowest BCUT2D eigenvalue weighted by Gasteiger charge is -2.29. The van der Waals surface area contributed by atoms with E-state index in [1.165, 1.54) is 12.8 Å². The third kappa shape index (κ3) is 7.99. The predicted molar refractivity (Wildman–Crippen MR) is 77.7 cm³/mol. The molecule has 1 unspecified atom stereocenters. The van der Waals surface area contributed by atoms with Crippen LogP contribution >= 0.6 is 0 Å². The number of piperidine rings is 1. The van der Waals surface area contributed by atoms with Gasteiger partial charge in [0.25, 0.3) is 0 Å². The fraction of sp³-hybridized carbons (Fsp3) is 0.857. The molecule has 0 bridgehead atoms. The topological polar surface area (TPSA) is 81.7 Å². The van der Waals surface area contributed by atoms with Gasteiger partial charge in [0, 0.05) is 26.1 Å². The minimum atomic E-state index is -0.756. The van der Waals surface area contributed by atoms with Crippen molar-refractivity contribution in [3.05, 3.63) is 0 Å². The van der Waals surface area contributed by atoms with E-state index in [0.717, 1.165) is 32.5 Å². The number of carboxylic acid groups (broad SMARTS) is 1. The van der Waals surface area contributed by atoms with Crippen molar-refractivity contribution in [2.75, 3.05) is 33.2 Å². The Morgan fingerprint density at radius 1 is 1.25 bits per heavy atom. The van der Waals surface area contributed by atoms with Crippen LogP contribution in [0.1, 0.15) is 38.5 Å². The number of carboxylic acids is 1. The highest BCUT2D eigenvalue weighted by atomic mass is 16.4. The Labute approximate surface area is 120 Å². The summed E-state index contributed by atoms with van der Waals surface area (Å²) in [5, 5.41) is 14.2. The number of aliphatic carboxylic acids is 1. The molecule has 0 aromatic rings. The molecule has 1 aliphatic heterocycles. The fourth-order valence-electron chi connectivity index (χ4n) is 2.52. The number of amides is 2. The average molecular weight is 285 g/mol. The molecule has 0 aromatic carbocycles. The monoisotopic (exact) mass is 285 g/mol. The number of unbranched alkanes of at least 4 members (excludes halogenated alkanes) is 2. The predicted octanol–water partition coefficient (Wildman–Crippen LogP) is 1.27. The number of urea groups is 1. The zero-order valence-electron chi connectivity index (χ0n) is 12.4. The standard InChI is InChI=1S/C14H27N3O3/c1-17-9-5-6-12(11-17)10-16-14(20)15-8-4-2-3-7-13(18)19/h12H,2-11H2,1H3,(H,18,19)(H2,15,16,20). The molecular formula is C14H27N3O3. The van der Waals surface area contributed by atoms with E-state index in [9.17, 15) is 9.59 Å². The molecular weight excluding hydrogens is 258 g/mol. The summed E-state index contributed by atoms with van der Waals surface area (Å²) in [6.07, 6.45) is 4.93. The lowest BCUT2D eigenvalue weighted by atomic mass is 9.99. The molecule has 1 heterocycles. The first-order valence-corrected chi connectivity index (χ1v) is 7.50. The van der Waals surface area contributed by atoms with Crippen LogP contribution in [-0.4, -0.2) is 55.2 Å². The van der Waals surface area contributed by atoms with Gasteiger partial charge in [0.15, 0.2) is 0 Å². The molecule has 0 radical (unpaired) electrons. The van der Waals surface area contributed by atoms with E-state index in [2.05, 4.69) is 22.6 Å². The van der Waals surface area contributed by atoms with Gasteiger partial charge in [-0.15, -0.1) is 0 Å². The van der Waals surface area contributed by atoms with Crippen molar-refractivity contribution >= 4 is 12.0 Å². The number of carbonyl (C=O) groups is 2. The number of rotatable bonds is 8. The van der Waals surface area contributed by atoms with Crippen molar-refractivity contribution < 1.29 is 14.7 Å². The van der Waals surface area contributed by atoms with Gasteiger partial charge in [0.2, 0.25) is 0 Å². The summed E-state index contributed by atoms with van der Waals surface area (Å²) >= 11 is 0. The Hall–Kier alpha value is -1.30. The van der Waals surface area contributed by atoms with E-state index in [1.54, 1.807) is 0 Å². The van der Waals surface area contributed by atoms with Crippen molar-refractivity contribution in [1.82, 2.24) is 15.5 Å². The Bertz CT molecular complexity index is 310. The van der Waals surface area contributed by atoms with Crippen LogP contribution < -0.4 is 10.6 Å². The van der Waals surface area contributed by atoms with E-state index in [1.807, 2.05) is 0 Å².